The Bertz CT molecular complexity index is 191. The minimum Gasteiger partial charge on any atom is -0.430 e. The molecule has 0 radical (unpaired) electrons. The molecular formula is C7H10O4. The molecule has 0 N–H and O–H groups in total. The highest BCUT2D eigenvalue weighted by molar-refractivity contribution is 5.72. The van der Waals surface area contributed by atoms with Crippen molar-refractivity contribution in [1.82, 2.24) is 0 Å². The SMILES string of the molecule is COC12COCC1CC(=O)O2. The van der Waals surface area contributed by atoms with Crippen LogP contribution in [-0.4, -0.2) is 32.1 Å². The van der Waals surface area contributed by atoms with Crippen molar-refractivity contribution in [2.45, 2.75) is 12.2 Å². The predicted octanol–water partition coefficient (Wildman–Crippen LogP) is -0.0776. The van der Waals surface area contributed by atoms with Gasteiger partial charge in [0.05, 0.1) is 18.9 Å². The summed E-state index contributed by atoms with van der Waals surface area (Å²) >= 11 is 0. The highest BCUT2D eigenvalue weighted by Gasteiger charge is 2.54. The minimum atomic E-state index is -0.753. The number of carbonyl (C=O) groups excluding carboxylic acids is 1. The van der Waals surface area contributed by atoms with E-state index in [1.807, 2.05) is 0 Å². The van der Waals surface area contributed by atoms with Crippen LogP contribution >= 0.6 is 0 Å². The molecule has 4 nitrogen and oxygen atoms in total. The quantitative estimate of drug-likeness (QED) is 0.501. The van der Waals surface area contributed by atoms with Crippen LogP contribution in [0.25, 0.3) is 0 Å². The molecule has 2 aliphatic heterocycles. The summed E-state index contributed by atoms with van der Waals surface area (Å²) < 4.78 is 15.3. The topological polar surface area (TPSA) is 44.8 Å². The Morgan fingerprint density at radius 2 is 2.55 bits per heavy atom. The maximum absolute atomic E-state index is 10.9. The van der Waals surface area contributed by atoms with Crippen LogP contribution < -0.4 is 0 Å². The van der Waals surface area contributed by atoms with Gasteiger partial charge in [0.25, 0.3) is 0 Å². The van der Waals surface area contributed by atoms with Gasteiger partial charge in [-0.3, -0.25) is 4.79 Å². The van der Waals surface area contributed by atoms with Crippen molar-refractivity contribution < 1.29 is 19.0 Å². The zero-order valence-electron chi connectivity index (χ0n) is 6.33. The van der Waals surface area contributed by atoms with Gasteiger partial charge in [0.1, 0.15) is 6.61 Å². The van der Waals surface area contributed by atoms with Crippen LogP contribution in [0.2, 0.25) is 0 Å². The molecule has 2 saturated heterocycles. The van der Waals surface area contributed by atoms with Gasteiger partial charge in [0.15, 0.2) is 0 Å². The number of carbonyl (C=O) groups is 1. The molecule has 0 aliphatic carbocycles. The summed E-state index contributed by atoms with van der Waals surface area (Å²) in [7, 11) is 1.54. The van der Waals surface area contributed by atoms with E-state index in [4.69, 9.17) is 14.2 Å². The second-order valence-corrected chi connectivity index (χ2v) is 2.91. The van der Waals surface area contributed by atoms with Gasteiger partial charge in [-0.1, -0.05) is 0 Å². The molecule has 11 heavy (non-hydrogen) atoms. The lowest BCUT2D eigenvalue weighted by Gasteiger charge is -2.22. The number of methoxy groups -OCH3 is 1. The van der Waals surface area contributed by atoms with Crippen LogP contribution in [0, 0.1) is 5.92 Å². The van der Waals surface area contributed by atoms with E-state index in [2.05, 4.69) is 0 Å². The van der Waals surface area contributed by atoms with Crippen LogP contribution in [0.1, 0.15) is 6.42 Å². The molecule has 2 aliphatic rings. The Labute approximate surface area is 64.4 Å². The summed E-state index contributed by atoms with van der Waals surface area (Å²) in [5.74, 6) is -0.836. The summed E-state index contributed by atoms with van der Waals surface area (Å²) in [5, 5.41) is 0. The van der Waals surface area contributed by atoms with Crippen molar-refractivity contribution in [2.75, 3.05) is 20.3 Å². The Morgan fingerprint density at radius 3 is 3.18 bits per heavy atom. The van der Waals surface area contributed by atoms with Crippen LogP contribution in [0.5, 0.6) is 0 Å². The highest BCUT2D eigenvalue weighted by atomic mass is 16.7. The maximum Gasteiger partial charge on any atom is 0.309 e. The Kier molecular flexibility index (Phi) is 1.40. The van der Waals surface area contributed by atoms with E-state index in [9.17, 15) is 4.79 Å². The van der Waals surface area contributed by atoms with Gasteiger partial charge in [0, 0.05) is 7.11 Å². The molecule has 0 amide bonds. The molecule has 2 fully saturated rings. The van der Waals surface area contributed by atoms with Crippen LogP contribution in [0.4, 0.5) is 0 Å². The van der Waals surface area contributed by atoms with E-state index in [1.165, 1.54) is 0 Å². The molecule has 0 saturated carbocycles. The number of hydrogen-bond acceptors (Lipinski definition) is 4. The number of esters is 1. The number of ether oxygens (including phenoxy) is 3. The highest BCUT2D eigenvalue weighted by Crippen LogP contribution is 2.38. The molecule has 0 aromatic heterocycles. The summed E-state index contributed by atoms with van der Waals surface area (Å²) in [6.45, 7) is 0.944. The number of fused-ring (bicyclic) bond motifs is 1. The molecule has 0 aromatic carbocycles. The molecule has 4 heteroatoms. The average Bonchev–Trinajstić information content (AvgIpc) is 2.43. The van der Waals surface area contributed by atoms with Crippen molar-refractivity contribution >= 4 is 5.97 Å². The van der Waals surface area contributed by atoms with E-state index in [-0.39, 0.29) is 11.9 Å². The number of rotatable bonds is 1. The van der Waals surface area contributed by atoms with Crippen molar-refractivity contribution in [3.05, 3.63) is 0 Å². The van der Waals surface area contributed by atoms with Gasteiger partial charge in [-0.05, 0) is 0 Å². The smallest absolute Gasteiger partial charge is 0.309 e. The molecule has 2 atom stereocenters. The van der Waals surface area contributed by atoms with E-state index < -0.39 is 5.79 Å². The van der Waals surface area contributed by atoms with E-state index in [0.29, 0.717) is 19.6 Å². The molecule has 2 unspecified atom stereocenters. The maximum atomic E-state index is 10.9. The number of hydrogen-bond donors (Lipinski definition) is 0. The van der Waals surface area contributed by atoms with Crippen molar-refractivity contribution in [2.24, 2.45) is 5.92 Å². The Morgan fingerprint density at radius 1 is 1.73 bits per heavy atom. The fraction of sp³-hybridized carbons (Fsp3) is 0.857. The fourth-order valence-corrected chi connectivity index (χ4v) is 1.62. The largest absolute Gasteiger partial charge is 0.430 e. The molecule has 0 spiro atoms. The van der Waals surface area contributed by atoms with Crippen molar-refractivity contribution in [1.29, 1.82) is 0 Å². The van der Waals surface area contributed by atoms with Crippen LogP contribution in [0.15, 0.2) is 0 Å². The summed E-state index contributed by atoms with van der Waals surface area (Å²) in [6.07, 6.45) is 0.424. The molecule has 2 rings (SSSR count). The van der Waals surface area contributed by atoms with Gasteiger partial charge in [0.2, 0.25) is 5.79 Å². The third kappa shape index (κ3) is 0.862. The van der Waals surface area contributed by atoms with Gasteiger partial charge >= 0.3 is 5.97 Å². The lowest BCUT2D eigenvalue weighted by Crippen LogP contribution is -2.37. The molecule has 62 valence electrons. The van der Waals surface area contributed by atoms with Crippen molar-refractivity contribution in [3.63, 3.8) is 0 Å². The first kappa shape index (κ1) is 7.06. The van der Waals surface area contributed by atoms with E-state index >= 15 is 0 Å². The van der Waals surface area contributed by atoms with Gasteiger partial charge in [-0.15, -0.1) is 0 Å². The average molecular weight is 158 g/mol. The summed E-state index contributed by atoms with van der Waals surface area (Å²) in [5.41, 5.74) is 0. The Hall–Kier alpha value is -0.610. The fourth-order valence-electron chi connectivity index (χ4n) is 1.62. The lowest BCUT2D eigenvalue weighted by molar-refractivity contribution is -0.209. The van der Waals surface area contributed by atoms with Crippen LogP contribution in [0.3, 0.4) is 0 Å². The van der Waals surface area contributed by atoms with E-state index in [0.717, 1.165) is 0 Å². The first-order chi connectivity index (χ1) is 5.27. The predicted molar refractivity (Wildman–Crippen MR) is 34.8 cm³/mol. The summed E-state index contributed by atoms with van der Waals surface area (Å²) in [6, 6.07) is 0. The zero-order chi connectivity index (χ0) is 7.90. The molecule has 0 aromatic rings. The molecular weight excluding hydrogens is 148 g/mol. The zero-order valence-corrected chi connectivity index (χ0v) is 6.33. The first-order valence-electron chi connectivity index (χ1n) is 3.61. The molecule has 0 bridgehead atoms. The second-order valence-electron chi connectivity index (χ2n) is 2.91. The standard InChI is InChI=1S/C7H10O4/c1-9-7-4-10-3-5(7)2-6(8)11-7/h5H,2-4H2,1H3. The van der Waals surface area contributed by atoms with Gasteiger partial charge in [-0.2, -0.15) is 0 Å². The first-order valence-corrected chi connectivity index (χ1v) is 3.61. The lowest BCUT2D eigenvalue weighted by atomic mass is 10.0. The van der Waals surface area contributed by atoms with Gasteiger partial charge < -0.3 is 14.2 Å². The summed E-state index contributed by atoms with van der Waals surface area (Å²) in [4.78, 5) is 10.9. The van der Waals surface area contributed by atoms with Gasteiger partial charge in [-0.25, -0.2) is 0 Å². The minimum absolute atomic E-state index is 0.0972. The molecule has 2 heterocycles. The monoisotopic (exact) mass is 158 g/mol. The second kappa shape index (κ2) is 2.19. The van der Waals surface area contributed by atoms with Crippen molar-refractivity contribution in [3.8, 4) is 0 Å². The van der Waals surface area contributed by atoms with Crippen LogP contribution in [-0.2, 0) is 19.0 Å². The third-order valence-corrected chi connectivity index (χ3v) is 2.29. The third-order valence-electron chi connectivity index (χ3n) is 2.29. The Balaban J connectivity index is 2.21. The normalized spacial score (nSPS) is 42.3. The van der Waals surface area contributed by atoms with E-state index in [1.54, 1.807) is 7.11 Å².